The van der Waals surface area contributed by atoms with Crippen LogP contribution in [0, 0.1) is 0 Å². The topological polar surface area (TPSA) is 38.1 Å². The minimum atomic E-state index is -0.0969. The van der Waals surface area contributed by atoms with E-state index >= 15 is 0 Å². The maximum Gasteiger partial charge on any atom is 0.134 e. The molecule has 0 atom stereocenters. The zero-order chi connectivity index (χ0) is 13.9. The number of nitrogens with zero attached hydrogens (tertiary/aromatic N) is 2. The van der Waals surface area contributed by atoms with E-state index in [-0.39, 0.29) is 6.61 Å². The van der Waals surface area contributed by atoms with Gasteiger partial charge in [-0.15, -0.1) is 0 Å². The largest absolute Gasteiger partial charge is 0.390 e. The second kappa shape index (κ2) is 5.98. The molecular formula is C16H19ClN2O. The van der Waals surface area contributed by atoms with E-state index in [9.17, 15) is 5.11 Å². The summed E-state index contributed by atoms with van der Waals surface area (Å²) in [4.78, 5) is 4.59. The van der Waals surface area contributed by atoms with E-state index in [1.807, 2.05) is 18.2 Å². The van der Waals surface area contributed by atoms with Gasteiger partial charge in [-0.3, -0.25) is 0 Å². The molecule has 0 unspecified atom stereocenters. The molecule has 1 N–H and O–H groups in total. The summed E-state index contributed by atoms with van der Waals surface area (Å²) in [6.07, 6.45) is 4.86. The molecule has 1 aliphatic rings. The highest BCUT2D eigenvalue weighted by Crippen LogP contribution is 2.36. The lowest BCUT2D eigenvalue weighted by Crippen LogP contribution is -2.08. The molecule has 3 rings (SSSR count). The molecule has 1 aromatic heterocycles. The second-order valence-corrected chi connectivity index (χ2v) is 5.78. The summed E-state index contributed by atoms with van der Waals surface area (Å²) >= 11 is 6.40. The lowest BCUT2D eigenvalue weighted by Gasteiger charge is -2.13. The van der Waals surface area contributed by atoms with Gasteiger partial charge in [0.25, 0.3) is 0 Å². The van der Waals surface area contributed by atoms with Gasteiger partial charge in [0.15, 0.2) is 0 Å². The number of aliphatic hydroxyl groups excluding tert-OH is 1. The zero-order valence-corrected chi connectivity index (χ0v) is 12.2. The standard InChI is InChI=1S/C16H19ClN2O/c17-15-14(11-20)18-16(13-8-4-5-9-13)19(15)10-12-6-2-1-3-7-12/h1-3,6-7,13,20H,4-5,8-11H2. The first-order chi connectivity index (χ1) is 9.79. The Morgan fingerprint density at radius 3 is 2.55 bits per heavy atom. The molecule has 1 heterocycles. The summed E-state index contributed by atoms with van der Waals surface area (Å²) in [5.74, 6) is 1.52. The molecule has 0 saturated heterocycles. The number of hydrogen-bond donors (Lipinski definition) is 1. The van der Waals surface area contributed by atoms with Gasteiger partial charge in [0, 0.05) is 5.92 Å². The number of benzene rings is 1. The van der Waals surface area contributed by atoms with Crippen LogP contribution in [0.3, 0.4) is 0 Å². The Balaban J connectivity index is 1.96. The Bertz CT molecular complexity index is 574. The lowest BCUT2D eigenvalue weighted by molar-refractivity contribution is 0.277. The Morgan fingerprint density at radius 2 is 1.90 bits per heavy atom. The normalized spacial score (nSPS) is 15.9. The molecule has 2 aromatic rings. The Hall–Kier alpha value is -1.32. The monoisotopic (exact) mass is 290 g/mol. The fraction of sp³-hybridized carbons (Fsp3) is 0.438. The summed E-state index contributed by atoms with van der Waals surface area (Å²) in [6.45, 7) is 0.624. The van der Waals surface area contributed by atoms with E-state index in [4.69, 9.17) is 11.6 Å². The van der Waals surface area contributed by atoms with Crippen LogP contribution in [0.25, 0.3) is 0 Å². The maximum absolute atomic E-state index is 9.40. The van der Waals surface area contributed by atoms with Crippen LogP contribution in [-0.2, 0) is 13.2 Å². The van der Waals surface area contributed by atoms with E-state index in [0.717, 1.165) is 12.4 Å². The van der Waals surface area contributed by atoms with Crippen LogP contribution < -0.4 is 0 Å². The van der Waals surface area contributed by atoms with Crippen molar-refractivity contribution in [3.05, 3.63) is 52.6 Å². The van der Waals surface area contributed by atoms with Crippen molar-refractivity contribution in [3.63, 3.8) is 0 Å². The zero-order valence-electron chi connectivity index (χ0n) is 11.4. The molecule has 3 nitrogen and oxygen atoms in total. The third-order valence-corrected chi connectivity index (χ3v) is 4.48. The lowest BCUT2D eigenvalue weighted by atomic mass is 10.1. The smallest absolute Gasteiger partial charge is 0.134 e. The maximum atomic E-state index is 9.40. The highest BCUT2D eigenvalue weighted by molar-refractivity contribution is 6.30. The predicted molar refractivity (Wildman–Crippen MR) is 79.9 cm³/mol. The molecule has 1 aromatic carbocycles. The summed E-state index contributed by atoms with van der Waals surface area (Å²) in [5.41, 5.74) is 1.81. The molecule has 1 aliphatic carbocycles. The predicted octanol–water partition coefficient (Wildman–Crippen LogP) is 3.73. The summed E-state index contributed by atoms with van der Waals surface area (Å²) in [7, 11) is 0. The van der Waals surface area contributed by atoms with Gasteiger partial charge < -0.3 is 9.67 Å². The number of aromatic nitrogens is 2. The second-order valence-electron chi connectivity index (χ2n) is 5.42. The van der Waals surface area contributed by atoms with Crippen LogP contribution in [0.1, 0.15) is 48.7 Å². The first-order valence-electron chi connectivity index (χ1n) is 7.19. The van der Waals surface area contributed by atoms with Crippen molar-refractivity contribution in [3.8, 4) is 0 Å². The number of aliphatic hydroxyl groups is 1. The molecule has 0 amide bonds. The van der Waals surface area contributed by atoms with Gasteiger partial charge in [0.2, 0.25) is 0 Å². The van der Waals surface area contributed by atoms with Gasteiger partial charge in [-0.25, -0.2) is 4.98 Å². The molecule has 0 aliphatic heterocycles. The molecule has 0 radical (unpaired) electrons. The van der Waals surface area contributed by atoms with E-state index < -0.39 is 0 Å². The molecule has 1 fully saturated rings. The Morgan fingerprint density at radius 1 is 1.20 bits per heavy atom. The first kappa shape index (κ1) is 13.7. The number of imidazole rings is 1. The third-order valence-electron chi connectivity index (χ3n) is 4.05. The highest BCUT2D eigenvalue weighted by atomic mass is 35.5. The molecule has 0 spiro atoms. The van der Waals surface area contributed by atoms with Crippen LogP contribution >= 0.6 is 11.6 Å². The van der Waals surface area contributed by atoms with Crippen LogP contribution in [0.5, 0.6) is 0 Å². The highest BCUT2D eigenvalue weighted by Gasteiger charge is 2.25. The molecule has 20 heavy (non-hydrogen) atoms. The van der Waals surface area contributed by atoms with Gasteiger partial charge in [-0.2, -0.15) is 0 Å². The SMILES string of the molecule is OCc1nc(C2CCCC2)n(Cc2ccccc2)c1Cl. The molecule has 0 bridgehead atoms. The Kier molecular flexibility index (Phi) is 4.08. The molecule has 1 saturated carbocycles. The van der Waals surface area contributed by atoms with Crippen molar-refractivity contribution in [2.45, 2.75) is 44.8 Å². The van der Waals surface area contributed by atoms with Gasteiger partial charge in [-0.1, -0.05) is 54.8 Å². The van der Waals surface area contributed by atoms with Crippen molar-refractivity contribution in [2.75, 3.05) is 0 Å². The summed E-state index contributed by atoms with van der Waals surface area (Å²) in [5, 5.41) is 9.99. The van der Waals surface area contributed by atoms with Gasteiger partial charge in [-0.05, 0) is 18.4 Å². The third kappa shape index (κ3) is 2.60. The number of halogens is 1. The minimum Gasteiger partial charge on any atom is -0.390 e. The van der Waals surface area contributed by atoms with Crippen LogP contribution in [0.2, 0.25) is 5.15 Å². The average molecular weight is 291 g/mol. The number of rotatable bonds is 4. The summed E-state index contributed by atoms with van der Waals surface area (Å²) < 4.78 is 2.07. The average Bonchev–Trinajstić information content (AvgIpc) is 3.10. The van der Waals surface area contributed by atoms with E-state index in [2.05, 4.69) is 21.7 Å². The summed E-state index contributed by atoms with van der Waals surface area (Å²) in [6, 6.07) is 10.3. The molecular weight excluding hydrogens is 272 g/mol. The van der Waals surface area contributed by atoms with Crippen molar-refractivity contribution >= 4 is 11.6 Å². The molecule has 106 valence electrons. The fourth-order valence-electron chi connectivity index (χ4n) is 3.01. The van der Waals surface area contributed by atoms with E-state index in [1.54, 1.807) is 0 Å². The van der Waals surface area contributed by atoms with Crippen molar-refractivity contribution in [2.24, 2.45) is 0 Å². The Labute approximate surface area is 124 Å². The van der Waals surface area contributed by atoms with Crippen molar-refractivity contribution in [1.29, 1.82) is 0 Å². The van der Waals surface area contributed by atoms with Gasteiger partial charge in [0.05, 0.1) is 13.2 Å². The van der Waals surface area contributed by atoms with Gasteiger partial charge >= 0.3 is 0 Å². The van der Waals surface area contributed by atoms with Crippen LogP contribution in [0.4, 0.5) is 0 Å². The minimum absolute atomic E-state index is 0.0969. The van der Waals surface area contributed by atoms with E-state index in [0.29, 0.717) is 16.8 Å². The van der Waals surface area contributed by atoms with Crippen LogP contribution in [0.15, 0.2) is 30.3 Å². The fourth-order valence-corrected chi connectivity index (χ4v) is 3.26. The first-order valence-corrected chi connectivity index (χ1v) is 7.57. The molecule has 4 heteroatoms. The van der Waals surface area contributed by atoms with Crippen molar-refractivity contribution < 1.29 is 5.11 Å². The van der Waals surface area contributed by atoms with E-state index in [1.165, 1.54) is 31.2 Å². The van der Waals surface area contributed by atoms with Crippen molar-refractivity contribution in [1.82, 2.24) is 9.55 Å². The van der Waals surface area contributed by atoms with Crippen LogP contribution in [-0.4, -0.2) is 14.7 Å². The quantitative estimate of drug-likeness (QED) is 0.931. The number of hydrogen-bond acceptors (Lipinski definition) is 2. The van der Waals surface area contributed by atoms with Gasteiger partial charge in [0.1, 0.15) is 16.7 Å².